The third-order valence-corrected chi connectivity index (χ3v) is 5.38. The molecule has 0 spiro atoms. The zero-order chi connectivity index (χ0) is 22.4. The second-order valence-electron chi connectivity index (χ2n) is 6.33. The van der Waals surface area contributed by atoms with E-state index in [1.807, 2.05) is 0 Å². The maximum atomic E-state index is 12.6. The Morgan fingerprint density at radius 3 is 2.32 bits per heavy atom. The fourth-order valence-electron chi connectivity index (χ4n) is 2.70. The van der Waals surface area contributed by atoms with E-state index in [-0.39, 0.29) is 18.3 Å². The van der Waals surface area contributed by atoms with E-state index < -0.39 is 12.7 Å². The molecule has 0 saturated heterocycles. The Balaban J connectivity index is 1.64. The molecule has 0 aliphatic heterocycles. The number of benzene rings is 2. The van der Waals surface area contributed by atoms with Crippen LogP contribution in [0.25, 0.3) is 10.4 Å². The number of ether oxygens (including phenoxy) is 2. The van der Waals surface area contributed by atoms with Crippen LogP contribution in [-0.4, -0.2) is 32.3 Å². The number of carbonyl (C=O) groups is 2. The van der Waals surface area contributed by atoms with Crippen LogP contribution in [0.15, 0.2) is 60.7 Å². The number of nitrogens with zero attached hydrogens (tertiary/aromatic N) is 1. The Morgan fingerprint density at radius 1 is 1.03 bits per heavy atom. The summed E-state index contributed by atoms with van der Waals surface area (Å²) in [5.41, 5.74) is 2.00. The van der Waals surface area contributed by atoms with Gasteiger partial charge in [0, 0.05) is 23.3 Å². The number of anilines is 2. The van der Waals surface area contributed by atoms with E-state index in [9.17, 15) is 18.4 Å². The van der Waals surface area contributed by atoms with E-state index in [0.717, 1.165) is 10.4 Å². The molecule has 0 fully saturated rings. The molecule has 1 aromatic heterocycles. The standard InChI is InChI=1S/C22H20F2N2O4S/c1-3-29-22(28)26(2)16-8-6-15(7-9-16)25-20(27)19-13-12-18(31-19)14-4-10-17(11-5-14)30-21(23)24/h4-13,21H,3H2,1-2H3,(H,25,27). The summed E-state index contributed by atoms with van der Waals surface area (Å²) in [7, 11) is 1.60. The summed E-state index contributed by atoms with van der Waals surface area (Å²) >= 11 is 1.28. The highest BCUT2D eigenvalue weighted by Crippen LogP contribution is 2.30. The molecule has 6 nitrogen and oxygen atoms in total. The summed E-state index contributed by atoms with van der Waals surface area (Å²) in [6, 6.07) is 16.5. The van der Waals surface area contributed by atoms with Crippen LogP contribution in [0.2, 0.25) is 0 Å². The summed E-state index contributed by atoms with van der Waals surface area (Å²) in [6.45, 7) is -0.854. The molecule has 0 atom stereocenters. The third kappa shape index (κ3) is 5.79. The second-order valence-corrected chi connectivity index (χ2v) is 7.41. The minimum absolute atomic E-state index is 0.0744. The third-order valence-electron chi connectivity index (χ3n) is 4.25. The largest absolute Gasteiger partial charge is 0.449 e. The van der Waals surface area contributed by atoms with Crippen LogP contribution >= 0.6 is 11.3 Å². The lowest BCUT2D eigenvalue weighted by molar-refractivity contribution is -0.0498. The molecule has 162 valence electrons. The fraction of sp³-hybridized carbons (Fsp3) is 0.182. The second kappa shape index (κ2) is 10.0. The van der Waals surface area contributed by atoms with Crippen LogP contribution in [0, 0.1) is 0 Å². The number of nitrogens with one attached hydrogen (secondary N) is 1. The zero-order valence-corrected chi connectivity index (χ0v) is 17.6. The van der Waals surface area contributed by atoms with E-state index in [1.54, 1.807) is 62.5 Å². The number of thiophene rings is 1. The predicted molar refractivity (Wildman–Crippen MR) is 116 cm³/mol. The topological polar surface area (TPSA) is 67.9 Å². The monoisotopic (exact) mass is 446 g/mol. The molecular formula is C22H20F2N2O4S. The molecule has 3 aromatic rings. The molecule has 2 amide bonds. The van der Waals surface area contributed by atoms with E-state index in [2.05, 4.69) is 10.1 Å². The molecule has 2 aromatic carbocycles. The van der Waals surface area contributed by atoms with Gasteiger partial charge in [-0.2, -0.15) is 8.78 Å². The first-order valence-electron chi connectivity index (χ1n) is 9.34. The number of alkyl halides is 2. The van der Waals surface area contributed by atoms with Gasteiger partial charge in [0.15, 0.2) is 0 Å². The summed E-state index contributed by atoms with van der Waals surface area (Å²) in [5, 5.41) is 2.81. The van der Waals surface area contributed by atoms with Crippen LogP contribution in [-0.2, 0) is 4.74 Å². The van der Waals surface area contributed by atoms with Gasteiger partial charge in [0.2, 0.25) is 0 Å². The summed E-state index contributed by atoms with van der Waals surface area (Å²) in [5.74, 6) is -0.203. The first-order chi connectivity index (χ1) is 14.9. The molecule has 1 N–H and O–H groups in total. The van der Waals surface area contributed by atoms with Crippen molar-refractivity contribution in [3.05, 3.63) is 65.5 Å². The Morgan fingerprint density at radius 2 is 1.71 bits per heavy atom. The van der Waals surface area contributed by atoms with Gasteiger partial charge in [-0.3, -0.25) is 9.69 Å². The average molecular weight is 446 g/mol. The van der Waals surface area contributed by atoms with E-state index >= 15 is 0 Å². The first kappa shape index (κ1) is 22.2. The summed E-state index contributed by atoms with van der Waals surface area (Å²) in [4.78, 5) is 27.0. The van der Waals surface area contributed by atoms with Gasteiger partial charge in [-0.05, 0) is 73.2 Å². The number of carbonyl (C=O) groups excluding carboxylic acids is 2. The molecule has 0 saturated carbocycles. The Bertz CT molecular complexity index is 1040. The lowest BCUT2D eigenvalue weighted by Gasteiger charge is -2.16. The lowest BCUT2D eigenvalue weighted by atomic mass is 10.2. The van der Waals surface area contributed by atoms with Crippen molar-refractivity contribution < 1.29 is 27.8 Å². The minimum Gasteiger partial charge on any atom is -0.449 e. The van der Waals surface area contributed by atoms with E-state index in [1.165, 1.54) is 28.4 Å². The summed E-state index contributed by atoms with van der Waals surface area (Å²) < 4.78 is 33.8. The molecule has 3 rings (SSSR count). The smallest absolute Gasteiger partial charge is 0.413 e. The fourth-order valence-corrected chi connectivity index (χ4v) is 3.61. The number of halogens is 2. The Hall–Kier alpha value is -3.46. The van der Waals surface area contributed by atoms with Crippen LogP contribution in [0.3, 0.4) is 0 Å². The first-order valence-corrected chi connectivity index (χ1v) is 10.2. The highest BCUT2D eigenvalue weighted by molar-refractivity contribution is 7.17. The number of rotatable bonds is 7. The predicted octanol–water partition coefficient (Wildman–Crippen LogP) is 5.86. The molecule has 31 heavy (non-hydrogen) atoms. The van der Waals surface area contributed by atoms with Crippen molar-refractivity contribution in [1.82, 2.24) is 0 Å². The van der Waals surface area contributed by atoms with Crippen molar-refractivity contribution in [2.75, 3.05) is 23.9 Å². The van der Waals surface area contributed by atoms with Crippen molar-refractivity contribution in [2.45, 2.75) is 13.5 Å². The molecule has 0 aliphatic rings. The molecule has 9 heteroatoms. The quantitative estimate of drug-likeness (QED) is 0.494. The average Bonchev–Trinajstić information content (AvgIpc) is 3.24. The maximum Gasteiger partial charge on any atom is 0.413 e. The molecular weight excluding hydrogens is 426 g/mol. The zero-order valence-electron chi connectivity index (χ0n) is 16.8. The number of hydrogen-bond acceptors (Lipinski definition) is 5. The van der Waals surface area contributed by atoms with Crippen LogP contribution in [0.5, 0.6) is 5.75 Å². The Kier molecular flexibility index (Phi) is 7.19. The Labute approximate surface area is 182 Å². The molecule has 0 radical (unpaired) electrons. The van der Waals surface area contributed by atoms with Gasteiger partial charge in [0.05, 0.1) is 11.5 Å². The van der Waals surface area contributed by atoms with Gasteiger partial charge < -0.3 is 14.8 Å². The number of amides is 2. The normalized spacial score (nSPS) is 10.6. The van der Waals surface area contributed by atoms with Crippen molar-refractivity contribution in [3.8, 4) is 16.2 Å². The van der Waals surface area contributed by atoms with Crippen molar-refractivity contribution >= 4 is 34.7 Å². The summed E-state index contributed by atoms with van der Waals surface area (Å²) in [6.07, 6.45) is -0.459. The maximum absolute atomic E-state index is 12.6. The van der Waals surface area contributed by atoms with E-state index in [4.69, 9.17) is 4.74 Å². The molecule has 0 unspecified atom stereocenters. The van der Waals surface area contributed by atoms with Gasteiger partial charge in [0.25, 0.3) is 5.91 Å². The minimum atomic E-state index is -2.87. The van der Waals surface area contributed by atoms with Gasteiger partial charge in [-0.1, -0.05) is 0 Å². The van der Waals surface area contributed by atoms with Gasteiger partial charge in [-0.15, -0.1) is 11.3 Å². The molecule has 0 bridgehead atoms. The highest BCUT2D eigenvalue weighted by Gasteiger charge is 2.14. The van der Waals surface area contributed by atoms with Gasteiger partial charge in [-0.25, -0.2) is 4.79 Å². The highest BCUT2D eigenvalue weighted by atomic mass is 32.1. The van der Waals surface area contributed by atoms with Gasteiger partial charge in [0.1, 0.15) is 5.75 Å². The SMILES string of the molecule is CCOC(=O)N(C)c1ccc(NC(=O)c2ccc(-c3ccc(OC(F)F)cc3)s2)cc1. The molecule has 0 aliphatic carbocycles. The lowest BCUT2D eigenvalue weighted by Crippen LogP contribution is -2.26. The van der Waals surface area contributed by atoms with Crippen LogP contribution in [0.1, 0.15) is 16.6 Å². The van der Waals surface area contributed by atoms with E-state index in [0.29, 0.717) is 16.3 Å². The van der Waals surface area contributed by atoms with Crippen molar-refractivity contribution in [3.63, 3.8) is 0 Å². The molecule has 1 heterocycles. The van der Waals surface area contributed by atoms with Crippen LogP contribution < -0.4 is 15.0 Å². The van der Waals surface area contributed by atoms with Crippen molar-refractivity contribution in [2.24, 2.45) is 0 Å². The van der Waals surface area contributed by atoms with Gasteiger partial charge >= 0.3 is 12.7 Å². The van der Waals surface area contributed by atoms with Crippen molar-refractivity contribution in [1.29, 1.82) is 0 Å². The number of hydrogen-bond donors (Lipinski definition) is 1. The van der Waals surface area contributed by atoms with Crippen LogP contribution in [0.4, 0.5) is 25.0 Å².